The number of Topliss-reactive ketones (excluding diaryl/α,β-unsaturated/α-hetero) is 1. The van der Waals surface area contributed by atoms with Crippen LogP contribution in [0.25, 0.3) is 0 Å². The second-order valence-corrected chi connectivity index (χ2v) is 12.0. The van der Waals surface area contributed by atoms with Crippen LogP contribution in [-0.2, 0) is 25.1 Å². The van der Waals surface area contributed by atoms with Gasteiger partial charge in [0, 0.05) is 17.6 Å². The second-order valence-electron chi connectivity index (χ2n) is 7.36. The Morgan fingerprint density at radius 1 is 1.03 bits per heavy atom. The Hall–Kier alpha value is -1.56. The third-order valence-corrected chi connectivity index (χ3v) is 8.55. The molecule has 7 nitrogen and oxygen atoms in total. The van der Waals surface area contributed by atoms with Crippen molar-refractivity contribution in [1.29, 1.82) is 0 Å². The fourth-order valence-corrected chi connectivity index (χ4v) is 4.65. The van der Waals surface area contributed by atoms with Gasteiger partial charge in [-0.15, -0.1) is 4.33 Å². The molecule has 0 spiro atoms. The fourth-order valence-electron chi connectivity index (χ4n) is 2.65. The van der Waals surface area contributed by atoms with Crippen LogP contribution in [-0.4, -0.2) is 49.5 Å². The molecule has 0 unspecified atom stereocenters. The van der Waals surface area contributed by atoms with Crippen LogP contribution in [0.2, 0.25) is 6.04 Å². The lowest BCUT2D eigenvalue weighted by atomic mass is 9.97. The highest BCUT2D eigenvalue weighted by Crippen LogP contribution is 2.24. The van der Waals surface area contributed by atoms with Gasteiger partial charge in [0.05, 0.1) is 24.5 Å². The maximum atomic E-state index is 12.5. The van der Waals surface area contributed by atoms with E-state index in [1.54, 1.807) is 38.1 Å². The predicted molar refractivity (Wildman–Crippen MR) is 116 cm³/mol. The molecule has 0 radical (unpaired) electrons. The fraction of sp³-hybridized carbons (Fsp3) is 0.381. The predicted octanol–water partition coefficient (Wildman–Crippen LogP) is 3.43. The Balaban J connectivity index is 1.78. The van der Waals surface area contributed by atoms with Crippen molar-refractivity contribution in [3.05, 3.63) is 65.7 Å². The zero-order chi connectivity index (χ0) is 22.0. The first-order valence-corrected chi connectivity index (χ1v) is 12.8. The zero-order valence-electron chi connectivity index (χ0n) is 17.4. The molecule has 2 N–H and O–H groups in total. The average Bonchev–Trinajstić information content (AvgIpc) is 2.79. The molecule has 2 aromatic rings. The lowest BCUT2D eigenvalue weighted by Crippen LogP contribution is -2.46. The minimum Gasteiger partial charge on any atom is -0.415 e. The molecule has 0 amide bonds. The summed E-state index contributed by atoms with van der Waals surface area (Å²) < 4.78 is 10.4. The number of aliphatic hydroxyl groups is 2. The van der Waals surface area contributed by atoms with E-state index in [1.807, 2.05) is 30.3 Å². The van der Waals surface area contributed by atoms with E-state index in [9.17, 15) is 15.0 Å². The lowest BCUT2D eigenvalue weighted by Gasteiger charge is -2.25. The molecule has 30 heavy (non-hydrogen) atoms. The Labute approximate surface area is 182 Å². The highest BCUT2D eigenvalue weighted by atomic mass is 32.2. The number of aryl methyl sites for hydroxylation is 1. The number of rotatable bonds is 13. The van der Waals surface area contributed by atoms with E-state index in [1.165, 1.54) is 7.11 Å². The monoisotopic (exact) mass is 452 g/mol. The summed E-state index contributed by atoms with van der Waals surface area (Å²) >= 11 is 0.960. The van der Waals surface area contributed by atoms with Crippen LogP contribution in [0.4, 0.5) is 0 Å². The minimum absolute atomic E-state index is 0.109. The third kappa shape index (κ3) is 7.00. The normalized spacial score (nSPS) is 12.2. The molecule has 0 aliphatic carbocycles. The number of hydrogen-bond donors (Lipinski definition) is 2. The number of aliphatic hydroxyl groups excluding tert-OH is 2. The van der Waals surface area contributed by atoms with Gasteiger partial charge in [0.2, 0.25) is 8.32 Å². The summed E-state index contributed by atoms with van der Waals surface area (Å²) in [6.07, 6.45) is 0.479. The van der Waals surface area contributed by atoms with Crippen LogP contribution in [0.1, 0.15) is 29.8 Å². The third-order valence-electron chi connectivity index (χ3n) is 4.79. The molecule has 0 aromatic heterocycles. The molecule has 0 aliphatic rings. The standard InChI is InChI=1S/C21H28O7SSi/c1-21(2,20(24)18-7-5-4-6-8-18)26-27-28-29-19-11-9-17(10-12-19)13-14-30(15-22,16-23)25-3/h4-12,22-23H,13-16H2,1-3H3. The molecule has 0 atom stereocenters. The van der Waals surface area contributed by atoms with Crippen molar-refractivity contribution in [2.24, 2.45) is 0 Å². The van der Waals surface area contributed by atoms with Gasteiger partial charge in [0.1, 0.15) is 0 Å². The van der Waals surface area contributed by atoms with Crippen molar-refractivity contribution in [3.8, 4) is 0 Å². The highest BCUT2D eigenvalue weighted by Gasteiger charge is 2.33. The van der Waals surface area contributed by atoms with E-state index in [2.05, 4.69) is 0 Å². The molecular weight excluding hydrogens is 424 g/mol. The van der Waals surface area contributed by atoms with Gasteiger partial charge in [-0.1, -0.05) is 47.5 Å². The Morgan fingerprint density at radius 2 is 1.67 bits per heavy atom. The topological polar surface area (TPSA) is 94.5 Å². The largest absolute Gasteiger partial charge is 0.415 e. The van der Waals surface area contributed by atoms with Crippen molar-refractivity contribution in [2.45, 2.75) is 36.8 Å². The minimum atomic E-state index is -2.47. The van der Waals surface area contributed by atoms with Crippen LogP contribution in [0, 0.1) is 0 Å². The van der Waals surface area contributed by atoms with Gasteiger partial charge < -0.3 is 14.6 Å². The lowest BCUT2D eigenvalue weighted by molar-refractivity contribution is -0.485. The van der Waals surface area contributed by atoms with E-state index in [-0.39, 0.29) is 18.2 Å². The Kier molecular flexibility index (Phi) is 9.66. The maximum Gasteiger partial charge on any atom is 0.242 e. The van der Waals surface area contributed by atoms with Gasteiger partial charge in [-0.05, 0) is 44.0 Å². The molecule has 0 bridgehead atoms. The average molecular weight is 453 g/mol. The molecule has 0 heterocycles. The summed E-state index contributed by atoms with van der Waals surface area (Å²) in [6, 6.07) is 17.0. The van der Waals surface area contributed by atoms with E-state index in [4.69, 9.17) is 18.7 Å². The smallest absolute Gasteiger partial charge is 0.242 e. The summed E-state index contributed by atoms with van der Waals surface area (Å²) in [5, 5.41) is 23.8. The Bertz CT molecular complexity index is 771. The van der Waals surface area contributed by atoms with Crippen molar-refractivity contribution in [1.82, 2.24) is 0 Å². The van der Waals surface area contributed by atoms with Crippen molar-refractivity contribution < 1.29 is 33.7 Å². The van der Waals surface area contributed by atoms with Crippen LogP contribution in [0.15, 0.2) is 59.5 Å². The molecule has 0 saturated heterocycles. The molecule has 2 aromatic carbocycles. The molecule has 9 heteroatoms. The Morgan fingerprint density at radius 3 is 2.23 bits per heavy atom. The number of benzene rings is 2. The second kappa shape index (κ2) is 11.7. The molecule has 0 fully saturated rings. The maximum absolute atomic E-state index is 12.5. The van der Waals surface area contributed by atoms with Gasteiger partial charge >= 0.3 is 0 Å². The van der Waals surface area contributed by atoms with Gasteiger partial charge in [-0.3, -0.25) is 4.79 Å². The van der Waals surface area contributed by atoms with Crippen molar-refractivity contribution in [3.63, 3.8) is 0 Å². The van der Waals surface area contributed by atoms with Crippen LogP contribution in [0.3, 0.4) is 0 Å². The zero-order valence-corrected chi connectivity index (χ0v) is 19.2. The van der Waals surface area contributed by atoms with Gasteiger partial charge in [-0.25, -0.2) is 0 Å². The first kappa shape index (κ1) is 24.7. The summed E-state index contributed by atoms with van der Waals surface area (Å²) in [5.74, 6) is -0.220. The van der Waals surface area contributed by atoms with Crippen LogP contribution < -0.4 is 0 Å². The van der Waals surface area contributed by atoms with Crippen molar-refractivity contribution in [2.75, 3.05) is 19.6 Å². The summed E-state index contributed by atoms with van der Waals surface area (Å²) in [5.41, 5.74) is 0.377. The SMILES string of the molecule is CO[Si](CO)(CO)CCc1ccc(SOOOC(C)(C)C(=O)c2ccccc2)cc1. The van der Waals surface area contributed by atoms with Crippen LogP contribution >= 0.6 is 12.0 Å². The number of carbonyl (C=O) groups excluding carboxylic acids is 1. The van der Waals surface area contributed by atoms with E-state index >= 15 is 0 Å². The van der Waals surface area contributed by atoms with E-state index in [0.717, 1.165) is 22.5 Å². The van der Waals surface area contributed by atoms with E-state index < -0.39 is 13.9 Å². The van der Waals surface area contributed by atoms with Gasteiger partial charge in [-0.2, -0.15) is 4.89 Å². The van der Waals surface area contributed by atoms with E-state index in [0.29, 0.717) is 18.0 Å². The first-order valence-electron chi connectivity index (χ1n) is 9.50. The first-order chi connectivity index (χ1) is 14.4. The van der Waals surface area contributed by atoms with Crippen LogP contribution in [0.5, 0.6) is 0 Å². The molecule has 164 valence electrons. The quantitative estimate of drug-likeness (QED) is 0.119. The molecule has 2 rings (SSSR count). The van der Waals surface area contributed by atoms with Gasteiger partial charge in [0.15, 0.2) is 11.4 Å². The van der Waals surface area contributed by atoms with Gasteiger partial charge in [0.25, 0.3) is 0 Å². The number of carbonyl (C=O) groups is 1. The summed E-state index contributed by atoms with van der Waals surface area (Å²) in [6.45, 7) is 3.21. The summed E-state index contributed by atoms with van der Waals surface area (Å²) in [7, 11) is -0.940. The molecule has 0 aliphatic heterocycles. The molecule has 0 saturated carbocycles. The molecular formula is C21H28O7SSi. The highest BCUT2D eigenvalue weighted by molar-refractivity contribution is 7.94. The summed E-state index contributed by atoms with van der Waals surface area (Å²) in [4.78, 5) is 18.4. The van der Waals surface area contributed by atoms with Crippen molar-refractivity contribution >= 4 is 26.1 Å². The number of ketones is 1. The number of hydrogen-bond acceptors (Lipinski definition) is 8.